The molecule has 32 heavy (non-hydrogen) atoms. The van der Waals surface area contributed by atoms with Gasteiger partial charge in [-0.15, -0.1) is 0 Å². The lowest BCUT2D eigenvalue weighted by Gasteiger charge is -2.31. The van der Waals surface area contributed by atoms with Gasteiger partial charge in [-0.25, -0.2) is 0 Å². The number of hydrogen-bond acceptors (Lipinski definition) is 6. The molecule has 1 atom stereocenters. The van der Waals surface area contributed by atoms with E-state index < -0.39 is 6.04 Å². The van der Waals surface area contributed by atoms with Gasteiger partial charge in [-0.3, -0.25) is 14.5 Å². The highest BCUT2D eigenvalue weighted by Gasteiger charge is 2.42. The summed E-state index contributed by atoms with van der Waals surface area (Å²) in [6.07, 6.45) is 0. The van der Waals surface area contributed by atoms with Crippen molar-refractivity contribution in [3.8, 4) is 5.75 Å². The highest BCUT2D eigenvalue weighted by atomic mass is 16.5. The third-order valence-corrected chi connectivity index (χ3v) is 6.12. The average Bonchev–Trinajstić information content (AvgIpc) is 3.11. The molecular weight excluding hydrogens is 408 g/mol. The standard InChI is InChI=1S/C25H26N2O5/c1-2-31-18-7-5-6-17(16-18)22-21-23(28)19-8-3-4-9-20(19)32-24(21)25(29)27(22)11-10-26-12-14-30-15-13-26/h3-9,16,22H,2,10-15H2,1H3. The van der Waals surface area contributed by atoms with Gasteiger partial charge in [0.25, 0.3) is 5.91 Å². The third kappa shape index (κ3) is 3.67. The SMILES string of the molecule is CCOc1cccc(C2c3c(oc4ccccc4c3=O)C(=O)N2CCN2CCOCC2)c1. The zero-order valence-corrected chi connectivity index (χ0v) is 18.1. The smallest absolute Gasteiger partial charge is 0.290 e. The normalized spacial score (nSPS) is 18.8. The molecule has 2 aliphatic rings. The molecule has 0 spiro atoms. The topological polar surface area (TPSA) is 72.2 Å². The molecule has 0 saturated carbocycles. The predicted octanol–water partition coefficient (Wildman–Crippen LogP) is 3.07. The van der Waals surface area contributed by atoms with Crippen molar-refractivity contribution >= 4 is 16.9 Å². The van der Waals surface area contributed by atoms with E-state index >= 15 is 0 Å². The Labute approximate surface area is 186 Å². The molecule has 1 fully saturated rings. The van der Waals surface area contributed by atoms with Crippen molar-refractivity contribution in [3.05, 3.63) is 75.6 Å². The van der Waals surface area contributed by atoms with Crippen LogP contribution < -0.4 is 10.2 Å². The van der Waals surface area contributed by atoms with Crippen LogP contribution in [0.5, 0.6) is 5.75 Å². The molecule has 3 aromatic rings. The number of morpholine rings is 1. The molecule has 2 aliphatic heterocycles. The van der Waals surface area contributed by atoms with E-state index in [9.17, 15) is 9.59 Å². The van der Waals surface area contributed by atoms with Crippen molar-refractivity contribution < 1.29 is 18.7 Å². The molecule has 0 radical (unpaired) electrons. The molecule has 7 heteroatoms. The minimum Gasteiger partial charge on any atom is -0.494 e. The van der Waals surface area contributed by atoms with Crippen LogP contribution in [0.4, 0.5) is 0 Å². The van der Waals surface area contributed by atoms with E-state index in [1.54, 1.807) is 23.1 Å². The number of benzene rings is 2. The number of para-hydroxylation sites is 1. The molecule has 166 valence electrons. The second kappa shape index (κ2) is 8.76. The Kier molecular flexibility index (Phi) is 5.68. The van der Waals surface area contributed by atoms with Gasteiger partial charge in [0.1, 0.15) is 11.3 Å². The Hall–Kier alpha value is -3.16. The minimum absolute atomic E-state index is 0.141. The van der Waals surface area contributed by atoms with Gasteiger partial charge in [-0.1, -0.05) is 24.3 Å². The number of rotatable bonds is 6. The summed E-state index contributed by atoms with van der Waals surface area (Å²) in [5.41, 5.74) is 1.52. The Morgan fingerprint density at radius 2 is 1.84 bits per heavy atom. The summed E-state index contributed by atoms with van der Waals surface area (Å²) in [6, 6.07) is 14.2. The Morgan fingerprint density at radius 3 is 2.66 bits per heavy atom. The molecule has 1 aromatic heterocycles. The van der Waals surface area contributed by atoms with Gasteiger partial charge in [-0.05, 0) is 36.8 Å². The summed E-state index contributed by atoms with van der Waals surface area (Å²) in [7, 11) is 0. The maximum atomic E-state index is 13.5. The maximum Gasteiger partial charge on any atom is 0.290 e. The fourth-order valence-corrected chi connectivity index (χ4v) is 4.56. The lowest BCUT2D eigenvalue weighted by Crippen LogP contribution is -2.42. The number of hydrogen-bond donors (Lipinski definition) is 0. The van der Waals surface area contributed by atoms with Crippen LogP contribution in [-0.4, -0.2) is 61.7 Å². The predicted molar refractivity (Wildman–Crippen MR) is 120 cm³/mol. The summed E-state index contributed by atoms with van der Waals surface area (Å²) in [5, 5.41) is 0.486. The number of fused-ring (bicyclic) bond motifs is 2. The first-order valence-electron chi connectivity index (χ1n) is 11.1. The summed E-state index contributed by atoms with van der Waals surface area (Å²) in [6.45, 7) is 6.72. The van der Waals surface area contributed by atoms with E-state index in [1.807, 2.05) is 37.3 Å². The van der Waals surface area contributed by atoms with Crippen LogP contribution in [0.1, 0.15) is 34.6 Å². The third-order valence-electron chi connectivity index (χ3n) is 6.12. The molecule has 0 N–H and O–H groups in total. The van der Waals surface area contributed by atoms with Gasteiger partial charge < -0.3 is 18.8 Å². The van der Waals surface area contributed by atoms with Crippen molar-refractivity contribution in [3.63, 3.8) is 0 Å². The minimum atomic E-state index is -0.514. The molecule has 5 rings (SSSR count). The molecule has 1 unspecified atom stereocenters. The fraction of sp³-hybridized carbons (Fsp3) is 0.360. The molecule has 7 nitrogen and oxygen atoms in total. The molecule has 3 heterocycles. The molecule has 0 aliphatic carbocycles. The Bertz CT molecular complexity index is 1200. The lowest BCUT2D eigenvalue weighted by molar-refractivity contribution is 0.0314. The van der Waals surface area contributed by atoms with Crippen molar-refractivity contribution in [1.29, 1.82) is 0 Å². The summed E-state index contributed by atoms with van der Waals surface area (Å²) < 4.78 is 17.1. The molecular formula is C25H26N2O5. The second-order valence-corrected chi connectivity index (χ2v) is 8.03. The quantitative estimate of drug-likeness (QED) is 0.594. The number of ether oxygens (including phenoxy) is 2. The summed E-state index contributed by atoms with van der Waals surface area (Å²) in [4.78, 5) is 31.0. The van der Waals surface area contributed by atoms with E-state index in [0.717, 1.165) is 18.7 Å². The first-order chi connectivity index (χ1) is 15.7. The molecule has 1 saturated heterocycles. The van der Waals surface area contributed by atoms with Gasteiger partial charge in [-0.2, -0.15) is 0 Å². The van der Waals surface area contributed by atoms with Crippen molar-refractivity contribution in [2.75, 3.05) is 46.0 Å². The van der Waals surface area contributed by atoms with E-state index in [0.29, 0.717) is 55.2 Å². The summed E-state index contributed by atoms with van der Waals surface area (Å²) >= 11 is 0. The maximum absolute atomic E-state index is 13.5. The highest BCUT2D eigenvalue weighted by molar-refractivity contribution is 5.99. The highest BCUT2D eigenvalue weighted by Crippen LogP contribution is 2.38. The van der Waals surface area contributed by atoms with Crippen LogP contribution in [0.2, 0.25) is 0 Å². The first-order valence-corrected chi connectivity index (χ1v) is 11.1. The van der Waals surface area contributed by atoms with Crippen LogP contribution in [0.3, 0.4) is 0 Å². The van der Waals surface area contributed by atoms with E-state index in [2.05, 4.69) is 4.90 Å². The van der Waals surface area contributed by atoms with Crippen LogP contribution in [-0.2, 0) is 4.74 Å². The van der Waals surface area contributed by atoms with Crippen molar-refractivity contribution in [2.24, 2.45) is 0 Å². The monoisotopic (exact) mass is 434 g/mol. The lowest BCUT2D eigenvalue weighted by atomic mass is 9.98. The first kappa shape index (κ1) is 20.7. The van der Waals surface area contributed by atoms with Crippen molar-refractivity contribution in [1.82, 2.24) is 9.80 Å². The van der Waals surface area contributed by atoms with Gasteiger partial charge in [0.05, 0.1) is 36.8 Å². The average molecular weight is 434 g/mol. The van der Waals surface area contributed by atoms with Crippen LogP contribution >= 0.6 is 0 Å². The number of carbonyl (C=O) groups excluding carboxylic acids is 1. The Morgan fingerprint density at radius 1 is 1.03 bits per heavy atom. The zero-order chi connectivity index (χ0) is 22.1. The van der Waals surface area contributed by atoms with E-state index in [-0.39, 0.29) is 17.1 Å². The van der Waals surface area contributed by atoms with Crippen LogP contribution in [0.15, 0.2) is 57.7 Å². The summed E-state index contributed by atoms with van der Waals surface area (Å²) in [5.74, 6) is 0.606. The Balaban J connectivity index is 1.59. The second-order valence-electron chi connectivity index (χ2n) is 8.03. The fourth-order valence-electron chi connectivity index (χ4n) is 4.56. The number of amides is 1. The number of nitrogens with zero attached hydrogens (tertiary/aromatic N) is 2. The van der Waals surface area contributed by atoms with Gasteiger partial charge >= 0.3 is 0 Å². The van der Waals surface area contributed by atoms with E-state index in [4.69, 9.17) is 13.9 Å². The van der Waals surface area contributed by atoms with Gasteiger partial charge in [0.15, 0.2) is 5.43 Å². The molecule has 2 aromatic carbocycles. The molecule has 0 bridgehead atoms. The largest absolute Gasteiger partial charge is 0.494 e. The zero-order valence-electron chi connectivity index (χ0n) is 18.1. The molecule has 1 amide bonds. The van der Waals surface area contributed by atoms with E-state index in [1.165, 1.54) is 0 Å². The van der Waals surface area contributed by atoms with Gasteiger partial charge in [0.2, 0.25) is 5.76 Å². The van der Waals surface area contributed by atoms with Gasteiger partial charge in [0, 0.05) is 26.2 Å². The van der Waals surface area contributed by atoms with Crippen LogP contribution in [0, 0.1) is 0 Å². The van der Waals surface area contributed by atoms with Crippen molar-refractivity contribution in [2.45, 2.75) is 13.0 Å². The number of carbonyl (C=O) groups is 1. The van der Waals surface area contributed by atoms with Crippen LogP contribution in [0.25, 0.3) is 11.0 Å².